The normalized spacial score (nSPS) is 25.8. The van der Waals surface area contributed by atoms with Crippen molar-refractivity contribution in [3.05, 3.63) is 63.7 Å². The maximum absolute atomic E-state index is 14.4. The molecule has 2 aromatic carbocycles. The lowest BCUT2D eigenvalue weighted by Gasteiger charge is -2.48. The molecule has 3 heterocycles. The first-order valence-electron chi connectivity index (χ1n) is 23.7. The summed E-state index contributed by atoms with van der Waals surface area (Å²) in [5.74, 6) is -7.55. The molecule has 72 heavy (non-hydrogen) atoms. The fourth-order valence-electron chi connectivity index (χ4n) is 10.1. The minimum Gasteiger partial charge on any atom is -0.507 e. The number of ether oxygens (including phenoxy) is 6. The Morgan fingerprint density at radius 2 is 1.58 bits per heavy atom. The molecule has 2 aromatic rings. The van der Waals surface area contributed by atoms with Gasteiger partial charge in [0.25, 0.3) is 11.8 Å². The summed E-state index contributed by atoms with van der Waals surface area (Å²) in [5, 5.41) is 44.6. The predicted molar refractivity (Wildman–Crippen MR) is 249 cm³/mol. The van der Waals surface area contributed by atoms with Crippen molar-refractivity contribution < 1.29 is 82.1 Å². The highest BCUT2D eigenvalue weighted by Gasteiger charge is 2.50. The Balaban J connectivity index is 1.09. The van der Waals surface area contributed by atoms with E-state index in [1.54, 1.807) is 35.0 Å². The maximum atomic E-state index is 14.4. The SMILES string of the molecule is COc1cccc2c1C(=O)c1c(O)c3c(c(O)c1C2=O)C[C@@](C)(C(=O)NCCNC(=O)C(CO)NC(=O)[C@@H](NC(=O)CN1C(=O)C=CC1=O)C(C)C)C[C@@H]3O[C@H]1C[C@H](N2CCO[C@H](OC)C2)[C@H](OC)[C@H](C)O1. The number of morpholine rings is 1. The number of aliphatic hydroxyl groups is 1. The number of phenols is 2. The molecule has 0 radical (unpaired) electrons. The molecule has 2 saturated heterocycles. The molecule has 23 nitrogen and oxygen atoms in total. The molecule has 2 fully saturated rings. The fraction of sp³-hybridized carbons (Fsp3) is 0.551. The average molecular weight is 1010 g/mol. The number of carbonyl (C=O) groups is 8. The molecule has 0 aromatic heterocycles. The van der Waals surface area contributed by atoms with Crippen LogP contribution in [0, 0.1) is 11.3 Å². The third-order valence-electron chi connectivity index (χ3n) is 13.9. The summed E-state index contributed by atoms with van der Waals surface area (Å²) in [6.07, 6.45) is -1.71. The van der Waals surface area contributed by atoms with E-state index in [4.69, 9.17) is 28.4 Å². The zero-order valence-corrected chi connectivity index (χ0v) is 41.1. The highest BCUT2D eigenvalue weighted by Crippen LogP contribution is 2.54. The molecule has 2 aliphatic carbocycles. The van der Waals surface area contributed by atoms with E-state index in [0.29, 0.717) is 24.6 Å². The van der Waals surface area contributed by atoms with Crippen LogP contribution >= 0.6 is 0 Å². The lowest BCUT2D eigenvalue weighted by Crippen LogP contribution is -2.59. The number of nitrogens with zero attached hydrogens (tertiary/aromatic N) is 2. The van der Waals surface area contributed by atoms with E-state index in [1.165, 1.54) is 25.3 Å². The lowest BCUT2D eigenvalue weighted by atomic mass is 9.68. The van der Waals surface area contributed by atoms with E-state index in [-0.39, 0.29) is 66.4 Å². The third kappa shape index (κ3) is 10.6. The number of rotatable bonds is 18. The summed E-state index contributed by atoms with van der Waals surface area (Å²) in [6, 6.07) is 1.46. The number of aliphatic hydroxyl groups excluding tert-OH is 1. The van der Waals surface area contributed by atoms with Crippen LogP contribution in [0.25, 0.3) is 0 Å². The van der Waals surface area contributed by atoms with Crippen LogP contribution in [0.5, 0.6) is 17.2 Å². The average Bonchev–Trinajstić information content (AvgIpc) is 3.67. The van der Waals surface area contributed by atoms with Crippen LogP contribution in [0.1, 0.15) is 89.6 Å². The van der Waals surface area contributed by atoms with Crippen LogP contribution in [0.2, 0.25) is 0 Å². The molecule has 0 saturated carbocycles. The first-order chi connectivity index (χ1) is 34.3. The Labute approximate surface area is 414 Å². The summed E-state index contributed by atoms with van der Waals surface area (Å²) in [5.41, 5.74) is -2.44. The molecular formula is C49H62N6O17. The van der Waals surface area contributed by atoms with Crippen LogP contribution in [-0.2, 0) is 58.9 Å². The van der Waals surface area contributed by atoms with Gasteiger partial charge < -0.3 is 65.0 Å². The zero-order chi connectivity index (χ0) is 52.3. The molecule has 390 valence electrons. The standard InChI is InChI=1S/C49H62N6O17/c1-23(2)40(53-31(57)20-55-32(58)11-12-33(55)59)47(65)52-27(22-56)46(64)50-13-14-51-48(66)49(4)18-26-37(44(63)39-38(42(26)61)41(60)25-9-8-10-29(67-5)36(25)43(39)62)30(19-49)72-34-17-28(45(69-7)24(3)71-34)54-15-16-70-35(21-54)68-6/h8-12,23-24,27-28,30,34-35,40,45,56,61,63H,13-22H2,1-7H3,(H,50,64)(H,51,66)(H,52,65)(H,53,57)/t24-,27?,28-,30-,34-,35-,40-,45+,49+/m0/s1. The molecule has 5 aliphatic rings. The summed E-state index contributed by atoms with van der Waals surface area (Å²) in [4.78, 5) is 109. The van der Waals surface area contributed by atoms with E-state index in [2.05, 4.69) is 26.2 Å². The maximum Gasteiger partial charge on any atom is 0.254 e. The number of methoxy groups -OCH3 is 3. The van der Waals surface area contributed by atoms with E-state index < -0.39 is 137 Å². The van der Waals surface area contributed by atoms with Crippen LogP contribution < -0.4 is 26.0 Å². The second kappa shape index (κ2) is 22.2. The summed E-state index contributed by atoms with van der Waals surface area (Å²) >= 11 is 0. The Morgan fingerprint density at radius 1 is 0.889 bits per heavy atom. The smallest absolute Gasteiger partial charge is 0.254 e. The number of ketones is 2. The van der Waals surface area contributed by atoms with Crippen molar-refractivity contribution in [2.24, 2.45) is 11.3 Å². The van der Waals surface area contributed by atoms with Crippen LogP contribution in [0.3, 0.4) is 0 Å². The van der Waals surface area contributed by atoms with Crippen LogP contribution in [0.15, 0.2) is 30.4 Å². The summed E-state index contributed by atoms with van der Waals surface area (Å²) < 4.78 is 35.7. The van der Waals surface area contributed by atoms with Crippen molar-refractivity contribution in [1.29, 1.82) is 0 Å². The summed E-state index contributed by atoms with van der Waals surface area (Å²) in [6.45, 7) is 6.20. The van der Waals surface area contributed by atoms with Crippen molar-refractivity contribution in [3.8, 4) is 17.2 Å². The number of hydrogen-bond donors (Lipinski definition) is 7. The zero-order valence-electron chi connectivity index (χ0n) is 41.1. The molecular weight excluding hydrogens is 945 g/mol. The highest BCUT2D eigenvalue weighted by atomic mass is 16.7. The quantitative estimate of drug-likeness (QED) is 0.0480. The molecule has 7 N–H and O–H groups in total. The molecule has 0 spiro atoms. The molecule has 1 unspecified atom stereocenters. The largest absolute Gasteiger partial charge is 0.507 e. The van der Waals surface area contributed by atoms with Crippen LogP contribution in [0.4, 0.5) is 0 Å². The Bertz CT molecular complexity index is 2520. The number of imide groups is 1. The Kier molecular flexibility index (Phi) is 16.5. The van der Waals surface area contributed by atoms with Gasteiger partial charge in [-0.25, -0.2) is 0 Å². The second-order valence-corrected chi connectivity index (χ2v) is 18.9. The van der Waals surface area contributed by atoms with E-state index >= 15 is 0 Å². The Morgan fingerprint density at radius 3 is 2.24 bits per heavy atom. The minimum absolute atomic E-state index is 0.000285. The van der Waals surface area contributed by atoms with Gasteiger partial charge in [0.05, 0.1) is 60.7 Å². The van der Waals surface area contributed by atoms with E-state index in [0.717, 1.165) is 12.2 Å². The molecule has 6 amide bonds. The van der Waals surface area contributed by atoms with Gasteiger partial charge in [0, 0.05) is 81.7 Å². The van der Waals surface area contributed by atoms with Gasteiger partial charge in [0.15, 0.2) is 18.4 Å². The van der Waals surface area contributed by atoms with Crippen molar-refractivity contribution in [3.63, 3.8) is 0 Å². The number of nitrogens with one attached hydrogen (secondary N) is 4. The van der Waals surface area contributed by atoms with Gasteiger partial charge in [0.1, 0.15) is 35.9 Å². The fourth-order valence-corrected chi connectivity index (χ4v) is 10.1. The number of phenolic OH excluding ortho intramolecular Hbond substituents is 2. The van der Waals surface area contributed by atoms with Gasteiger partial charge in [-0.3, -0.25) is 48.2 Å². The predicted octanol–water partition coefficient (Wildman–Crippen LogP) is -0.509. The summed E-state index contributed by atoms with van der Waals surface area (Å²) in [7, 11) is 4.47. The number of amides is 6. The first-order valence-corrected chi connectivity index (χ1v) is 23.7. The van der Waals surface area contributed by atoms with Gasteiger partial charge >= 0.3 is 0 Å². The number of aromatic hydroxyl groups is 2. The molecule has 7 rings (SSSR count). The number of fused-ring (bicyclic) bond motifs is 3. The molecule has 9 atom stereocenters. The second-order valence-electron chi connectivity index (χ2n) is 18.9. The van der Waals surface area contributed by atoms with E-state index in [9.17, 15) is 53.7 Å². The van der Waals surface area contributed by atoms with Crippen molar-refractivity contribution in [2.75, 3.05) is 67.3 Å². The van der Waals surface area contributed by atoms with Gasteiger partial charge in [0.2, 0.25) is 29.4 Å². The minimum atomic E-state index is -1.49. The van der Waals surface area contributed by atoms with Gasteiger partial charge in [-0.15, -0.1) is 0 Å². The van der Waals surface area contributed by atoms with Gasteiger partial charge in [-0.1, -0.05) is 32.9 Å². The molecule has 23 heteroatoms. The topological polar surface area (TPSA) is 307 Å². The lowest BCUT2D eigenvalue weighted by molar-refractivity contribution is -0.268. The first kappa shape index (κ1) is 53.5. The van der Waals surface area contributed by atoms with Crippen molar-refractivity contribution in [2.45, 2.75) is 96.0 Å². The van der Waals surface area contributed by atoms with Crippen LogP contribution in [-0.4, -0.2) is 182 Å². The number of hydrogen-bond acceptors (Lipinski definition) is 18. The van der Waals surface area contributed by atoms with Crippen molar-refractivity contribution in [1.82, 2.24) is 31.1 Å². The molecule has 3 aliphatic heterocycles. The van der Waals surface area contributed by atoms with Gasteiger partial charge in [-0.2, -0.15) is 0 Å². The van der Waals surface area contributed by atoms with E-state index in [1.807, 2.05) is 6.92 Å². The third-order valence-corrected chi connectivity index (χ3v) is 13.9. The monoisotopic (exact) mass is 1010 g/mol. The number of benzene rings is 2. The van der Waals surface area contributed by atoms with Gasteiger partial charge in [-0.05, 0) is 31.7 Å². The number of carbonyl (C=O) groups excluding carboxylic acids is 8. The molecule has 0 bridgehead atoms. The highest BCUT2D eigenvalue weighted by molar-refractivity contribution is 6.31. The Hall–Kier alpha value is -6.34. The van der Waals surface area contributed by atoms with Crippen molar-refractivity contribution >= 4 is 47.0 Å².